The van der Waals surface area contributed by atoms with Crippen molar-refractivity contribution >= 4 is 23.1 Å². The number of aromatic nitrogens is 2. The molecule has 7 nitrogen and oxygen atoms in total. The number of para-hydroxylation sites is 2. The van der Waals surface area contributed by atoms with E-state index in [0.717, 1.165) is 48.7 Å². The number of hydrogen-bond acceptors (Lipinski definition) is 5. The fourth-order valence-electron chi connectivity index (χ4n) is 4.24. The second-order valence-corrected chi connectivity index (χ2v) is 9.67. The summed E-state index contributed by atoms with van der Waals surface area (Å²) in [6, 6.07) is 16.3. The van der Waals surface area contributed by atoms with E-state index in [4.69, 9.17) is 14.5 Å². The van der Waals surface area contributed by atoms with E-state index in [0.29, 0.717) is 19.0 Å². The predicted molar refractivity (Wildman–Crippen MR) is 131 cm³/mol. The largest absolute Gasteiger partial charge is 0.497 e. The van der Waals surface area contributed by atoms with Crippen LogP contribution < -0.4 is 10.1 Å². The minimum absolute atomic E-state index is 0.223. The van der Waals surface area contributed by atoms with Gasteiger partial charge in [-0.25, -0.2) is 9.78 Å². The number of amides is 1. The molecule has 1 aromatic heterocycles. The number of benzene rings is 2. The van der Waals surface area contributed by atoms with Crippen molar-refractivity contribution in [3.05, 3.63) is 54.1 Å². The summed E-state index contributed by atoms with van der Waals surface area (Å²) in [5, 5.41) is 3.57. The number of anilines is 1. The second kappa shape index (κ2) is 9.73. The molecule has 0 unspecified atom stereocenters. The Kier molecular flexibility index (Phi) is 6.77. The molecule has 0 spiro atoms. The normalized spacial score (nSPS) is 16.6. The Morgan fingerprint density at radius 3 is 2.64 bits per heavy atom. The number of fused-ring (bicyclic) bond motifs is 1. The Labute approximate surface area is 195 Å². The fraction of sp³-hybridized carbons (Fsp3) is 0.462. The first-order valence-corrected chi connectivity index (χ1v) is 11.6. The van der Waals surface area contributed by atoms with E-state index in [1.54, 1.807) is 7.11 Å². The zero-order valence-corrected chi connectivity index (χ0v) is 20.0. The molecule has 1 atom stereocenters. The minimum Gasteiger partial charge on any atom is -0.497 e. The molecule has 3 aromatic rings. The average Bonchev–Trinajstić information content (AvgIpc) is 3.14. The van der Waals surface area contributed by atoms with Gasteiger partial charge in [0.15, 0.2) is 0 Å². The number of nitrogens with one attached hydrogen (secondary N) is 1. The van der Waals surface area contributed by atoms with E-state index in [2.05, 4.69) is 28.1 Å². The van der Waals surface area contributed by atoms with Gasteiger partial charge in [-0.15, -0.1) is 0 Å². The van der Waals surface area contributed by atoms with Crippen molar-refractivity contribution in [2.24, 2.45) is 5.92 Å². The van der Waals surface area contributed by atoms with Gasteiger partial charge in [0.25, 0.3) is 0 Å². The average molecular weight is 451 g/mol. The highest BCUT2D eigenvalue weighted by Crippen LogP contribution is 2.24. The van der Waals surface area contributed by atoms with Crippen molar-refractivity contribution < 1.29 is 14.3 Å². The maximum absolute atomic E-state index is 12.5. The minimum atomic E-state index is -0.478. The molecule has 1 N–H and O–H groups in total. The molecule has 0 aliphatic carbocycles. The number of likely N-dealkylation sites (tertiary alicyclic amines) is 1. The monoisotopic (exact) mass is 450 g/mol. The number of nitrogens with zero attached hydrogens (tertiary/aromatic N) is 3. The van der Waals surface area contributed by atoms with Gasteiger partial charge in [0, 0.05) is 19.6 Å². The van der Waals surface area contributed by atoms with Crippen molar-refractivity contribution in [2.75, 3.05) is 32.1 Å². The summed E-state index contributed by atoms with van der Waals surface area (Å²) in [5.41, 5.74) is 2.76. The molecule has 2 aromatic carbocycles. The lowest BCUT2D eigenvalue weighted by Gasteiger charge is -2.34. The van der Waals surface area contributed by atoms with E-state index in [1.165, 1.54) is 5.56 Å². The topological polar surface area (TPSA) is 68.6 Å². The summed E-state index contributed by atoms with van der Waals surface area (Å²) in [4.78, 5) is 19.2. The molecule has 1 aliphatic heterocycles. The van der Waals surface area contributed by atoms with Crippen LogP contribution in [0, 0.1) is 5.92 Å². The van der Waals surface area contributed by atoms with Crippen LogP contribution in [-0.2, 0) is 11.3 Å². The molecule has 7 heteroatoms. The van der Waals surface area contributed by atoms with Crippen LogP contribution in [0.1, 0.15) is 39.2 Å². The van der Waals surface area contributed by atoms with Crippen LogP contribution in [0.3, 0.4) is 0 Å². The first-order chi connectivity index (χ1) is 15.8. The lowest BCUT2D eigenvalue weighted by atomic mass is 9.98. The third-order valence-electron chi connectivity index (χ3n) is 5.87. The van der Waals surface area contributed by atoms with Gasteiger partial charge >= 0.3 is 6.09 Å². The summed E-state index contributed by atoms with van der Waals surface area (Å²) < 4.78 is 13.1. The molecule has 0 saturated carbocycles. The summed E-state index contributed by atoms with van der Waals surface area (Å²) >= 11 is 0. The van der Waals surface area contributed by atoms with Gasteiger partial charge in [-0.1, -0.05) is 24.3 Å². The van der Waals surface area contributed by atoms with Gasteiger partial charge in [-0.3, -0.25) is 0 Å². The first-order valence-electron chi connectivity index (χ1n) is 11.6. The van der Waals surface area contributed by atoms with E-state index < -0.39 is 5.60 Å². The molecular formula is C26H34N4O3. The van der Waals surface area contributed by atoms with Gasteiger partial charge in [0.1, 0.15) is 11.4 Å². The summed E-state index contributed by atoms with van der Waals surface area (Å²) in [7, 11) is 1.68. The molecule has 0 radical (unpaired) electrons. The molecule has 2 heterocycles. The SMILES string of the molecule is COc1ccc(Cn2c(NC[C@@H]3CCCN(C(=O)OC(C)(C)C)C3)nc3ccccc32)cc1. The number of rotatable bonds is 6. The van der Waals surface area contributed by atoms with E-state index in [1.807, 2.05) is 56.0 Å². The van der Waals surface area contributed by atoms with Crippen LogP contribution in [0.4, 0.5) is 10.7 Å². The standard InChI is InChI=1S/C26H34N4O3/c1-26(2,3)33-25(31)29-15-7-8-20(17-29)16-27-24-28-22-9-5-6-10-23(22)30(24)18-19-11-13-21(32-4)14-12-19/h5-6,9-14,20H,7-8,15-18H2,1-4H3,(H,27,28)/t20-/m0/s1. The fourth-order valence-corrected chi connectivity index (χ4v) is 4.24. The molecule has 176 valence electrons. The first kappa shape index (κ1) is 23.0. The Hall–Kier alpha value is -3.22. The van der Waals surface area contributed by atoms with Crippen LogP contribution in [0.15, 0.2) is 48.5 Å². The highest BCUT2D eigenvalue weighted by molar-refractivity contribution is 5.78. The Bertz CT molecular complexity index is 1090. The van der Waals surface area contributed by atoms with E-state index in [-0.39, 0.29) is 6.09 Å². The Morgan fingerprint density at radius 2 is 1.91 bits per heavy atom. The third-order valence-corrected chi connectivity index (χ3v) is 5.87. The lowest BCUT2D eigenvalue weighted by molar-refractivity contribution is 0.0172. The van der Waals surface area contributed by atoms with Crippen LogP contribution in [0.2, 0.25) is 0 Å². The highest BCUT2D eigenvalue weighted by Gasteiger charge is 2.27. The molecule has 1 amide bonds. The van der Waals surface area contributed by atoms with Crippen molar-refractivity contribution in [3.8, 4) is 5.75 Å². The number of carbonyl (C=O) groups excluding carboxylic acids is 1. The molecule has 1 fully saturated rings. The van der Waals surface area contributed by atoms with Gasteiger partial charge in [0.2, 0.25) is 5.95 Å². The molecule has 1 saturated heterocycles. The van der Waals surface area contributed by atoms with Crippen LogP contribution in [0.25, 0.3) is 11.0 Å². The van der Waals surface area contributed by atoms with Crippen molar-refractivity contribution in [1.82, 2.24) is 14.5 Å². The predicted octanol–water partition coefficient (Wildman–Crippen LogP) is 5.15. The maximum atomic E-state index is 12.5. The zero-order chi connectivity index (χ0) is 23.4. The van der Waals surface area contributed by atoms with Gasteiger partial charge < -0.3 is 24.3 Å². The number of hydrogen-bond donors (Lipinski definition) is 1. The lowest BCUT2D eigenvalue weighted by Crippen LogP contribution is -2.44. The van der Waals surface area contributed by atoms with Gasteiger partial charge in [0.05, 0.1) is 24.7 Å². The van der Waals surface area contributed by atoms with Crippen molar-refractivity contribution in [1.29, 1.82) is 0 Å². The number of methoxy groups -OCH3 is 1. The van der Waals surface area contributed by atoms with E-state index in [9.17, 15) is 4.79 Å². The summed E-state index contributed by atoms with van der Waals surface area (Å²) in [6.07, 6.45) is 1.83. The van der Waals surface area contributed by atoms with Crippen LogP contribution in [-0.4, -0.2) is 52.9 Å². The quantitative estimate of drug-likeness (QED) is 0.562. The Morgan fingerprint density at radius 1 is 1.15 bits per heavy atom. The second-order valence-electron chi connectivity index (χ2n) is 9.67. The molecular weight excluding hydrogens is 416 g/mol. The van der Waals surface area contributed by atoms with E-state index >= 15 is 0 Å². The number of ether oxygens (including phenoxy) is 2. The molecule has 33 heavy (non-hydrogen) atoms. The molecule has 1 aliphatic rings. The summed E-state index contributed by atoms with van der Waals surface area (Å²) in [6.45, 7) is 8.62. The van der Waals surface area contributed by atoms with Crippen molar-refractivity contribution in [2.45, 2.75) is 45.8 Å². The molecule has 4 rings (SSSR count). The maximum Gasteiger partial charge on any atom is 0.410 e. The van der Waals surface area contributed by atoms with Crippen LogP contribution in [0.5, 0.6) is 5.75 Å². The zero-order valence-electron chi connectivity index (χ0n) is 20.0. The third kappa shape index (κ3) is 5.78. The Balaban J connectivity index is 1.47. The highest BCUT2D eigenvalue weighted by atomic mass is 16.6. The smallest absolute Gasteiger partial charge is 0.410 e. The van der Waals surface area contributed by atoms with Crippen molar-refractivity contribution in [3.63, 3.8) is 0 Å². The number of piperidine rings is 1. The number of imidazole rings is 1. The van der Waals surface area contributed by atoms with Crippen LogP contribution >= 0.6 is 0 Å². The molecule has 0 bridgehead atoms. The van der Waals surface area contributed by atoms with Gasteiger partial charge in [-0.05, 0) is 69.4 Å². The van der Waals surface area contributed by atoms with Gasteiger partial charge in [-0.2, -0.15) is 0 Å². The summed E-state index contributed by atoms with van der Waals surface area (Å²) in [5.74, 6) is 2.04. The number of carbonyl (C=O) groups is 1.